The highest BCUT2D eigenvalue weighted by Gasteiger charge is 2.20. The minimum atomic E-state index is 0.739. The molecule has 0 unspecified atom stereocenters. The van der Waals surface area contributed by atoms with E-state index in [0.717, 1.165) is 48.6 Å². The van der Waals surface area contributed by atoms with Crippen molar-refractivity contribution in [3.63, 3.8) is 0 Å². The number of halogens is 1. The molecule has 17 heavy (non-hydrogen) atoms. The minimum Gasteiger partial charge on any atom is -0.380 e. The van der Waals surface area contributed by atoms with E-state index in [9.17, 15) is 0 Å². The first kappa shape index (κ1) is 12.9. The summed E-state index contributed by atoms with van der Waals surface area (Å²) in [5.74, 6) is 0.837. The van der Waals surface area contributed by atoms with Crippen LogP contribution in [0.3, 0.4) is 0 Å². The van der Waals surface area contributed by atoms with Crippen LogP contribution in [0.1, 0.15) is 24.2 Å². The van der Waals surface area contributed by atoms with Gasteiger partial charge in [-0.2, -0.15) is 5.10 Å². The van der Waals surface area contributed by atoms with Gasteiger partial charge in [-0.05, 0) is 25.7 Å². The zero-order valence-corrected chi connectivity index (χ0v) is 11.3. The summed E-state index contributed by atoms with van der Waals surface area (Å²) in [6.07, 6.45) is 2.69. The Morgan fingerprint density at radius 1 is 1.53 bits per heavy atom. The average molecular weight is 258 g/mol. The second-order valence-corrected chi connectivity index (χ2v) is 5.04. The Balaban J connectivity index is 1.63. The fourth-order valence-electron chi connectivity index (χ4n) is 1.76. The molecule has 1 aromatic heterocycles. The molecule has 0 aromatic carbocycles. The van der Waals surface area contributed by atoms with Crippen molar-refractivity contribution in [1.29, 1.82) is 0 Å². The van der Waals surface area contributed by atoms with Crippen LogP contribution in [0.15, 0.2) is 0 Å². The van der Waals surface area contributed by atoms with Crippen molar-refractivity contribution in [2.75, 3.05) is 19.8 Å². The smallest absolute Gasteiger partial charge is 0.0860 e. The van der Waals surface area contributed by atoms with Gasteiger partial charge in [0, 0.05) is 26.7 Å². The Labute approximate surface area is 107 Å². The summed E-state index contributed by atoms with van der Waals surface area (Å²) >= 11 is 6.15. The molecule has 2 rings (SSSR count). The molecule has 4 nitrogen and oxygen atoms in total. The fourth-order valence-corrected chi connectivity index (χ4v) is 1.98. The molecule has 1 saturated carbocycles. The van der Waals surface area contributed by atoms with Crippen molar-refractivity contribution in [2.45, 2.75) is 26.3 Å². The molecule has 1 aromatic rings. The monoisotopic (exact) mass is 257 g/mol. The van der Waals surface area contributed by atoms with Gasteiger partial charge < -0.3 is 10.1 Å². The number of nitrogens with zero attached hydrogens (tertiary/aromatic N) is 2. The third kappa shape index (κ3) is 3.69. The SMILES string of the molecule is Cc1nn(C)c(CNCCOCC2CC2)c1Cl. The van der Waals surface area contributed by atoms with E-state index in [1.807, 2.05) is 18.7 Å². The highest BCUT2D eigenvalue weighted by Crippen LogP contribution is 2.28. The van der Waals surface area contributed by atoms with Crippen LogP contribution in [-0.4, -0.2) is 29.5 Å². The van der Waals surface area contributed by atoms with Gasteiger partial charge in [-0.3, -0.25) is 4.68 Å². The summed E-state index contributed by atoms with van der Waals surface area (Å²) in [5.41, 5.74) is 1.92. The van der Waals surface area contributed by atoms with Gasteiger partial charge in [0.15, 0.2) is 0 Å². The third-order valence-corrected chi connectivity index (χ3v) is 3.52. The second kappa shape index (κ2) is 5.85. The molecule has 0 saturated heterocycles. The van der Waals surface area contributed by atoms with Gasteiger partial charge in [0.1, 0.15) is 0 Å². The molecule has 0 bridgehead atoms. The normalized spacial score (nSPS) is 15.5. The Hall–Kier alpha value is -0.580. The van der Waals surface area contributed by atoms with Gasteiger partial charge in [-0.25, -0.2) is 0 Å². The highest BCUT2D eigenvalue weighted by molar-refractivity contribution is 6.31. The molecule has 0 spiro atoms. The first-order valence-electron chi connectivity index (χ1n) is 6.15. The number of aromatic nitrogens is 2. The van der Waals surface area contributed by atoms with E-state index in [0.29, 0.717) is 0 Å². The summed E-state index contributed by atoms with van der Waals surface area (Å²) in [7, 11) is 1.92. The van der Waals surface area contributed by atoms with Crippen LogP contribution in [0.5, 0.6) is 0 Å². The van der Waals surface area contributed by atoms with Crippen molar-refractivity contribution in [3.8, 4) is 0 Å². The van der Waals surface area contributed by atoms with Crippen molar-refractivity contribution in [3.05, 3.63) is 16.4 Å². The molecule has 1 N–H and O–H groups in total. The van der Waals surface area contributed by atoms with E-state index in [2.05, 4.69) is 10.4 Å². The van der Waals surface area contributed by atoms with Crippen molar-refractivity contribution < 1.29 is 4.74 Å². The molecule has 1 heterocycles. The van der Waals surface area contributed by atoms with Crippen molar-refractivity contribution >= 4 is 11.6 Å². The molecule has 1 aliphatic carbocycles. The maximum absolute atomic E-state index is 6.15. The van der Waals surface area contributed by atoms with Gasteiger partial charge in [0.05, 0.1) is 23.0 Å². The largest absolute Gasteiger partial charge is 0.380 e. The Bertz CT molecular complexity index is 374. The summed E-state index contributed by atoms with van der Waals surface area (Å²) in [4.78, 5) is 0. The maximum atomic E-state index is 6.15. The van der Waals surface area contributed by atoms with E-state index in [-0.39, 0.29) is 0 Å². The molecular weight excluding hydrogens is 238 g/mol. The number of hydrogen-bond acceptors (Lipinski definition) is 3. The molecule has 96 valence electrons. The predicted octanol–water partition coefficient (Wildman–Crippen LogP) is 1.90. The maximum Gasteiger partial charge on any atom is 0.0860 e. The zero-order valence-electron chi connectivity index (χ0n) is 10.5. The molecule has 0 atom stereocenters. The Kier molecular flexibility index (Phi) is 4.42. The molecule has 5 heteroatoms. The van der Waals surface area contributed by atoms with Gasteiger partial charge in [-0.1, -0.05) is 11.6 Å². The number of nitrogens with one attached hydrogen (secondary N) is 1. The predicted molar refractivity (Wildman–Crippen MR) is 68.2 cm³/mol. The topological polar surface area (TPSA) is 39.1 Å². The van der Waals surface area contributed by atoms with Gasteiger partial charge in [0.25, 0.3) is 0 Å². The van der Waals surface area contributed by atoms with E-state index in [4.69, 9.17) is 16.3 Å². The molecule has 1 fully saturated rings. The van der Waals surface area contributed by atoms with E-state index < -0.39 is 0 Å². The summed E-state index contributed by atoms with van der Waals surface area (Å²) in [6, 6.07) is 0. The van der Waals surface area contributed by atoms with Gasteiger partial charge >= 0.3 is 0 Å². The Morgan fingerprint density at radius 3 is 2.88 bits per heavy atom. The van der Waals surface area contributed by atoms with Crippen molar-refractivity contribution in [2.24, 2.45) is 13.0 Å². The van der Waals surface area contributed by atoms with Gasteiger partial charge in [0.2, 0.25) is 0 Å². The summed E-state index contributed by atoms with van der Waals surface area (Å²) in [6.45, 7) is 5.21. The molecule has 0 radical (unpaired) electrons. The lowest BCUT2D eigenvalue weighted by atomic mass is 10.3. The summed E-state index contributed by atoms with van der Waals surface area (Å²) in [5, 5.41) is 8.35. The first-order valence-corrected chi connectivity index (χ1v) is 6.52. The van der Waals surface area contributed by atoms with Crippen molar-refractivity contribution in [1.82, 2.24) is 15.1 Å². The Morgan fingerprint density at radius 2 is 2.29 bits per heavy atom. The van der Waals surface area contributed by atoms with E-state index >= 15 is 0 Å². The minimum absolute atomic E-state index is 0.739. The first-order chi connectivity index (χ1) is 8.18. The van der Waals surface area contributed by atoms with E-state index in [1.54, 1.807) is 0 Å². The van der Waals surface area contributed by atoms with Crippen LogP contribution in [0.25, 0.3) is 0 Å². The summed E-state index contributed by atoms with van der Waals surface area (Å²) < 4.78 is 7.37. The number of aryl methyl sites for hydroxylation is 2. The van der Waals surface area contributed by atoms with Crippen LogP contribution in [-0.2, 0) is 18.3 Å². The molecular formula is C12H20ClN3O. The number of ether oxygens (including phenoxy) is 1. The standard InChI is InChI=1S/C12H20ClN3O/c1-9-12(13)11(16(2)15-9)7-14-5-6-17-8-10-3-4-10/h10,14H,3-8H2,1-2H3. The van der Waals surface area contributed by atoms with E-state index in [1.165, 1.54) is 12.8 Å². The van der Waals surface area contributed by atoms with Crippen LogP contribution < -0.4 is 5.32 Å². The quantitative estimate of drug-likeness (QED) is 0.759. The van der Waals surface area contributed by atoms with Crippen LogP contribution >= 0.6 is 11.6 Å². The molecule has 0 amide bonds. The van der Waals surface area contributed by atoms with Gasteiger partial charge in [-0.15, -0.1) is 0 Å². The lowest BCUT2D eigenvalue weighted by Crippen LogP contribution is -2.21. The highest BCUT2D eigenvalue weighted by atomic mass is 35.5. The zero-order chi connectivity index (χ0) is 12.3. The third-order valence-electron chi connectivity index (χ3n) is 3.03. The second-order valence-electron chi connectivity index (χ2n) is 4.66. The number of rotatable bonds is 7. The van der Waals surface area contributed by atoms with Crippen LogP contribution in [0.4, 0.5) is 0 Å². The van der Waals surface area contributed by atoms with Crippen LogP contribution in [0, 0.1) is 12.8 Å². The lowest BCUT2D eigenvalue weighted by Gasteiger charge is -2.06. The lowest BCUT2D eigenvalue weighted by molar-refractivity contribution is 0.126. The number of hydrogen-bond donors (Lipinski definition) is 1. The fraction of sp³-hybridized carbons (Fsp3) is 0.750. The van der Waals surface area contributed by atoms with Crippen LogP contribution in [0.2, 0.25) is 5.02 Å². The molecule has 1 aliphatic rings. The molecule has 0 aliphatic heterocycles. The average Bonchev–Trinajstić information content (AvgIpc) is 3.07.